The van der Waals surface area contributed by atoms with Gasteiger partial charge in [-0.15, -0.1) is 0 Å². The summed E-state index contributed by atoms with van der Waals surface area (Å²) < 4.78 is 0. The molecular formula is C18H17N3O3. The van der Waals surface area contributed by atoms with Crippen LogP contribution in [0.3, 0.4) is 0 Å². The maximum Gasteiger partial charge on any atom is 0.269 e. The molecule has 0 atom stereocenters. The fraction of sp³-hybridized carbons (Fsp3) is 0.167. The van der Waals surface area contributed by atoms with E-state index in [4.69, 9.17) is 0 Å². The normalized spacial score (nSPS) is 13.0. The van der Waals surface area contributed by atoms with Gasteiger partial charge >= 0.3 is 0 Å². The van der Waals surface area contributed by atoms with E-state index in [1.54, 1.807) is 54.6 Å². The van der Waals surface area contributed by atoms with Crippen LogP contribution in [0.1, 0.15) is 33.6 Å². The summed E-state index contributed by atoms with van der Waals surface area (Å²) in [5.41, 5.74) is 6.21. The highest BCUT2D eigenvalue weighted by atomic mass is 16.2. The Kier molecular flexibility index (Phi) is 4.56. The number of benzene rings is 2. The Morgan fingerprint density at radius 3 is 1.83 bits per heavy atom. The van der Waals surface area contributed by atoms with Gasteiger partial charge in [0.15, 0.2) is 0 Å². The molecule has 0 aliphatic heterocycles. The topological polar surface area (TPSA) is 87.3 Å². The van der Waals surface area contributed by atoms with Gasteiger partial charge in [0.25, 0.3) is 11.8 Å². The molecule has 0 bridgehead atoms. The molecule has 3 rings (SSSR count). The smallest absolute Gasteiger partial charge is 0.269 e. The molecule has 3 N–H and O–H groups in total. The standard InChI is InChI=1S/C18H17N3O3/c22-16(13-6-7-13)19-15-10-8-14(9-11-15)18(24)21-20-17(23)12-4-2-1-3-5-12/h1-5,8-11,13H,6-7H2,(H,19,22)(H,20,23)(H,21,24). The minimum atomic E-state index is -0.431. The van der Waals surface area contributed by atoms with E-state index in [2.05, 4.69) is 16.2 Å². The van der Waals surface area contributed by atoms with Gasteiger partial charge in [0, 0.05) is 22.7 Å². The molecule has 2 aromatic carbocycles. The second kappa shape index (κ2) is 6.95. The monoisotopic (exact) mass is 323 g/mol. The van der Waals surface area contributed by atoms with Crippen molar-refractivity contribution in [1.82, 2.24) is 10.9 Å². The van der Waals surface area contributed by atoms with Crippen molar-refractivity contribution >= 4 is 23.4 Å². The van der Waals surface area contributed by atoms with Crippen molar-refractivity contribution in [3.8, 4) is 0 Å². The van der Waals surface area contributed by atoms with Crippen molar-refractivity contribution in [2.75, 3.05) is 5.32 Å². The number of hydrogen-bond acceptors (Lipinski definition) is 3. The first-order valence-electron chi connectivity index (χ1n) is 7.70. The van der Waals surface area contributed by atoms with Crippen LogP contribution in [0, 0.1) is 5.92 Å². The van der Waals surface area contributed by atoms with E-state index in [0.717, 1.165) is 12.8 Å². The molecule has 0 aromatic heterocycles. The number of carbonyl (C=O) groups is 3. The quantitative estimate of drug-likeness (QED) is 0.753. The van der Waals surface area contributed by atoms with Crippen LogP contribution in [0.15, 0.2) is 54.6 Å². The predicted molar refractivity (Wildman–Crippen MR) is 89.2 cm³/mol. The number of carbonyl (C=O) groups excluding carboxylic acids is 3. The van der Waals surface area contributed by atoms with Gasteiger partial charge in [-0.1, -0.05) is 18.2 Å². The number of amides is 3. The number of hydrazine groups is 1. The second-order valence-electron chi connectivity index (χ2n) is 5.62. The Labute approximate surface area is 139 Å². The van der Waals surface area contributed by atoms with Gasteiger partial charge in [0.2, 0.25) is 5.91 Å². The fourth-order valence-corrected chi connectivity index (χ4v) is 2.14. The number of rotatable bonds is 4. The minimum absolute atomic E-state index is 0.0160. The summed E-state index contributed by atoms with van der Waals surface area (Å²) in [5.74, 6) is -0.680. The van der Waals surface area contributed by atoms with E-state index in [0.29, 0.717) is 16.8 Å². The molecule has 6 heteroatoms. The first kappa shape index (κ1) is 15.7. The molecule has 0 unspecified atom stereocenters. The number of hydrogen-bond donors (Lipinski definition) is 3. The largest absolute Gasteiger partial charge is 0.326 e. The average Bonchev–Trinajstić information content (AvgIpc) is 3.46. The van der Waals surface area contributed by atoms with E-state index in [-0.39, 0.29) is 11.8 Å². The summed E-state index contributed by atoms with van der Waals surface area (Å²) in [4.78, 5) is 35.5. The van der Waals surface area contributed by atoms with Gasteiger partial charge < -0.3 is 5.32 Å². The van der Waals surface area contributed by atoms with Gasteiger partial charge in [-0.3, -0.25) is 25.2 Å². The third-order valence-electron chi connectivity index (χ3n) is 3.69. The SMILES string of the molecule is O=C(NNC(=O)c1ccc(NC(=O)C2CC2)cc1)c1ccccc1. The summed E-state index contributed by atoms with van der Waals surface area (Å²) in [5, 5.41) is 2.80. The molecule has 2 aromatic rings. The lowest BCUT2D eigenvalue weighted by atomic mass is 10.2. The maximum absolute atomic E-state index is 12.0. The van der Waals surface area contributed by atoms with E-state index in [1.807, 2.05) is 0 Å². The van der Waals surface area contributed by atoms with Crippen molar-refractivity contribution in [2.24, 2.45) is 5.92 Å². The van der Waals surface area contributed by atoms with Crippen LogP contribution < -0.4 is 16.2 Å². The lowest BCUT2D eigenvalue weighted by Gasteiger charge is -2.08. The molecular weight excluding hydrogens is 306 g/mol. The Hall–Kier alpha value is -3.15. The molecule has 0 spiro atoms. The molecule has 0 heterocycles. The average molecular weight is 323 g/mol. The van der Waals surface area contributed by atoms with Crippen LogP contribution in [0.25, 0.3) is 0 Å². The van der Waals surface area contributed by atoms with Gasteiger partial charge in [-0.05, 0) is 49.2 Å². The van der Waals surface area contributed by atoms with Gasteiger partial charge in [-0.2, -0.15) is 0 Å². The van der Waals surface area contributed by atoms with Crippen molar-refractivity contribution in [3.05, 3.63) is 65.7 Å². The van der Waals surface area contributed by atoms with Crippen molar-refractivity contribution in [2.45, 2.75) is 12.8 Å². The van der Waals surface area contributed by atoms with Crippen molar-refractivity contribution in [3.63, 3.8) is 0 Å². The Morgan fingerprint density at radius 1 is 0.750 bits per heavy atom. The van der Waals surface area contributed by atoms with E-state index in [1.165, 1.54) is 0 Å². The van der Waals surface area contributed by atoms with Crippen LogP contribution in [-0.4, -0.2) is 17.7 Å². The van der Waals surface area contributed by atoms with Gasteiger partial charge in [-0.25, -0.2) is 0 Å². The zero-order valence-corrected chi connectivity index (χ0v) is 12.9. The predicted octanol–water partition coefficient (Wildman–Crippen LogP) is 2.11. The highest BCUT2D eigenvalue weighted by Gasteiger charge is 2.29. The summed E-state index contributed by atoms with van der Waals surface area (Å²) in [7, 11) is 0. The van der Waals surface area contributed by atoms with Crippen LogP contribution in [-0.2, 0) is 4.79 Å². The summed E-state index contributed by atoms with van der Waals surface area (Å²) in [6.45, 7) is 0. The molecule has 3 amide bonds. The highest BCUT2D eigenvalue weighted by Crippen LogP contribution is 2.30. The molecule has 0 radical (unpaired) electrons. The minimum Gasteiger partial charge on any atom is -0.326 e. The number of anilines is 1. The Balaban J connectivity index is 1.53. The summed E-state index contributed by atoms with van der Waals surface area (Å²) in [6.07, 6.45) is 1.88. The lowest BCUT2D eigenvalue weighted by Crippen LogP contribution is -2.41. The molecule has 1 saturated carbocycles. The second-order valence-corrected chi connectivity index (χ2v) is 5.62. The van der Waals surface area contributed by atoms with E-state index < -0.39 is 11.8 Å². The zero-order chi connectivity index (χ0) is 16.9. The van der Waals surface area contributed by atoms with Crippen LogP contribution in [0.5, 0.6) is 0 Å². The summed E-state index contributed by atoms with van der Waals surface area (Å²) >= 11 is 0. The molecule has 0 saturated heterocycles. The number of nitrogens with one attached hydrogen (secondary N) is 3. The zero-order valence-electron chi connectivity index (χ0n) is 12.9. The third kappa shape index (κ3) is 3.98. The van der Waals surface area contributed by atoms with Gasteiger partial charge in [0.05, 0.1) is 0 Å². The van der Waals surface area contributed by atoms with Gasteiger partial charge in [0.1, 0.15) is 0 Å². The van der Waals surface area contributed by atoms with Crippen LogP contribution in [0.4, 0.5) is 5.69 Å². The Bertz CT molecular complexity index is 753. The van der Waals surface area contributed by atoms with Crippen molar-refractivity contribution in [1.29, 1.82) is 0 Å². The molecule has 122 valence electrons. The summed E-state index contributed by atoms with van der Waals surface area (Å²) in [6, 6.07) is 15.1. The molecule has 24 heavy (non-hydrogen) atoms. The van der Waals surface area contributed by atoms with Crippen LogP contribution in [0.2, 0.25) is 0 Å². The van der Waals surface area contributed by atoms with Crippen molar-refractivity contribution < 1.29 is 14.4 Å². The van der Waals surface area contributed by atoms with E-state index >= 15 is 0 Å². The molecule has 1 aliphatic rings. The third-order valence-corrected chi connectivity index (χ3v) is 3.69. The van der Waals surface area contributed by atoms with Crippen LogP contribution >= 0.6 is 0 Å². The Morgan fingerprint density at radius 2 is 1.29 bits per heavy atom. The molecule has 1 aliphatic carbocycles. The molecule has 1 fully saturated rings. The maximum atomic E-state index is 12.0. The first-order valence-corrected chi connectivity index (χ1v) is 7.70. The highest BCUT2D eigenvalue weighted by molar-refractivity contribution is 5.99. The lowest BCUT2D eigenvalue weighted by molar-refractivity contribution is -0.117. The fourth-order valence-electron chi connectivity index (χ4n) is 2.14. The first-order chi connectivity index (χ1) is 11.6. The van der Waals surface area contributed by atoms with E-state index in [9.17, 15) is 14.4 Å². The molecule has 6 nitrogen and oxygen atoms in total.